The first-order valence-electron chi connectivity index (χ1n) is 10.4. The SMILES string of the molecule is CC(C)CCOc1c2c(c(OCCC(C)C)c3ccccc13)CC(Cl)CC2. The highest BCUT2D eigenvalue weighted by Gasteiger charge is 2.27. The van der Waals surface area contributed by atoms with Crippen molar-refractivity contribution in [2.24, 2.45) is 11.8 Å². The molecule has 3 heteroatoms. The average molecular weight is 389 g/mol. The molecule has 0 bridgehead atoms. The van der Waals surface area contributed by atoms with Gasteiger partial charge in [0.2, 0.25) is 0 Å². The Kier molecular flexibility index (Phi) is 6.92. The summed E-state index contributed by atoms with van der Waals surface area (Å²) in [6, 6.07) is 8.51. The van der Waals surface area contributed by atoms with Gasteiger partial charge in [-0.15, -0.1) is 11.6 Å². The Labute approximate surface area is 169 Å². The van der Waals surface area contributed by atoms with E-state index in [0.29, 0.717) is 11.8 Å². The summed E-state index contributed by atoms with van der Waals surface area (Å²) in [6.07, 6.45) is 4.94. The van der Waals surface area contributed by atoms with Gasteiger partial charge in [-0.2, -0.15) is 0 Å². The van der Waals surface area contributed by atoms with Crippen molar-refractivity contribution < 1.29 is 9.47 Å². The minimum atomic E-state index is 0.176. The van der Waals surface area contributed by atoms with Gasteiger partial charge in [-0.05, 0) is 43.9 Å². The Hall–Kier alpha value is -1.41. The van der Waals surface area contributed by atoms with Gasteiger partial charge in [-0.3, -0.25) is 0 Å². The van der Waals surface area contributed by atoms with E-state index in [2.05, 4.69) is 52.0 Å². The molecule has 1 aliphatic carbocycles. The van der Waals surface area contributed by atoms with Crippen LogP contribution in [0.4, 0.5) is 0 Å². The number of alkyl halides is 1. The van der Waals surface area contributed by atoms with Gasteiger partial charge >= 0.3 is 0 Å². The highest BCUT2D eigenvalue weighted by Crippen LogP contribution is 2.45. The van der Waals surface area contributed by atoms with Crippen LogP contribution in [0.5, 0.6) is 11.5 Å². The zero-order chi connectivity index (χ0) is 19.4. The maximum atomic E-state index is 6.55. The highest BCUT2D eigenvalue weighted by atomic mass is 35.5. The van der Waals surface area contributed by atoms with Crippen LogP contribution in [0.15, 0.2) is 24.3 Å². The van der Waals surface area contributed by atoms with E-state index in [1.165, 1.54) is 16.5 Å². The second-order valence-electron chi connectivity index (χ2n) is 8.56. The molecule has 3 rings (SSSR count). The third kappa shape index (κ3) is 4.90. The summed E-state index contributed by atoms with van der Waals surface area (Å²) < 4.78 is 12.7. The minimum Gasteiger partial charge on any atom is -0.493 e. The number of fused-ring (bicyclic) bond motifs is 2. The third-order valence-electron chi connectivity index (χ3n) is 5.35. The molecule has 0 spiro atoms. The first-order valence-corrected chi connectivity index (χ1v) is 10.9. The zero-order valence-electron chi connectivity index (χ0n) is 17.2. The van der Waals surface area contributed by atoms with Crippen LogP contribution in [0.2, 0.25) is 0 Å². The molecule has 0 radical (unpaired) electrons. The van der Waals surface area contributed by atoms with Crippen LogP contribution in [-0.4, -0.2) is 18.6 Å². The van der Waals surface area contributed by atoms with Crippen molar-refractivity contribution in [1.82, 2.24) is 0 Å². The number of hydrogen-bond acceptors (Lipinski definition) is 2. The summed E-state index contributed by atoms with van der Waals surface area (Å²) >= 11 is 6.55. The Bertz CT molecular complexity index is 767. The smallest absolute Gasteiger partial charge is 0.130 e. The van der Waals surface area contributed by atoms with Crippen molar-refractivity contribution in [1.29, 1.82) is 0 Å². The van der Waals surface area contributed by atoms with Crippen molar-refractivity contribution in [2.75, 3.05) is 13.2 Å². The molecule has 0 saturated heterocycles. The summed E-state index contributed by atoms with van der Waals surface area (Å²) in [5.74, 6) is 3.35. The van der Waals surface area contributed by atoms with Crippen molar-refractivity contribution in [2.45, 2.75) is 65.2 Å². The monoisotopic (exact) mass is 388 g/mol. The molecule has 1 unspecified atom stereocenters. The quantitative estimate of drug-likeness (QED) is 0.463. The van der Waals surface area contributed by atoms with Gasteiger partial charge < -0.3 is 9.47 Å². The number of ether oxygens (including phenoxy) is 2. The normalized spacial score (nSPS) is 16.8. The topological polar surface area (TPSA) is 18.5 Å². The Morgan fingerprint density at radius 1 is 0.889 bits per heavy atom. The molecule has 1 atom stereocenters. The van der Waals surface area contributed by atoms with Gasteiger partial charge in [0.05, 0.1) is 13.2 Å². The Balaban J connectivity index is 2.04. The van der Waals surface area contributed by atoms with E-state index in [9.17, 15) is 0 Å². The van der Waals surface area contributed by atoms with Crippen molar-refractivity contribution in [3.05, 3.63) is 35.4 Å². The largest absolute Gasteiger partial charge is 0.493 e. The first kappa shape index (κ1) is 20.3. The molecule has 2 aromatic carbocycles. The Morgan fingerprint density at radius 3 is 1.93 bits per heavy atom. The van der Waals surface area contributed by atoms with Crippen molar-refractivity contribution in [3.8, 4) is 11.5 Å². The van der Waals surface area contributed by atoms with E-state index in [1.54, 1.807) is 0 Å². The number of hydrogen-bond donors (Lipinski definition) is 0. The predicted octanol–water partition coefficient (Wildman–Crippen LogP) is 6.79. The molecule has 1 aliphatic rings. The summed E-state index contributed by atoms with van der Waals surface area (Å²) in [5.41, 5.74) is 2.58. The molecule has 0 aliphatic heterocycles. The van der Waals surface area contributed by atoms with Crippen LogP contribution in [0.25, 0.3) is 10.8 Å². The summed E-state index contributed by atoms with van der Waals surface area (Å²) in [6.45, 7) is 10.4. The lowest BCUT2D eigenvalue weighted by molar-refractivity contribution is 0.280. The molecule has 0 fully saturated rings. The van der Waals surface area contributed by atoms with Crippen LogP contribution in [0.1, 0.15) is 58.1 Å². The van der Waals surface area contributed by atoms with Gasteiger partial charge in [-0.1, -0.05) is 52.0 Å². The third-order valence-corrected chi connectivity index (χ3v) is 5.72. The second-order valence-corrected chi connectivity index (χ2v) is 9.18. The Morgan fingerprint density at radius 2 is 1.41 bits per heavy atom. The van der Waals surface area contributed by atoms with Crippen LogP contribution in [0, 0.1) is 11.8 Å². The van der Waals surface area contributed by atoms with Crippen molar-refractivity contribution in [3.63, 3.8) is 0 Å². The van der Waals surface area contributed by atoms with E-state index in [-0.39, 0.29) is 5.38 Å². The first-order chi connectivity index (χ1) is 13.0. The van der Waals surface area contributed by atoms with Gasteiger partial charge in [0.25, 0.3) is 0 Å². The maximum Gasteiger partial charge on any atom is 0.130 e. The molecule has 0 aromatic heterocycles. The van der Waals surface area contributed by atoms with Gasteiger partial charge in [0.15, 0.2) is 0 Å². The van der Waals surface area contributed by atoms with E-state index in [4.69, 9.17) is 21.1 Å². The molecular formula is C24H33ClO2. The van der Waals surface area contributed by atoms with Crippen LogP contribution in [-0.2, 0) is 12.8 Å². The van der Waals surface area contributed by atoms with E-state index >= 15 is 0 Å². The lowest BCUT2D eigenvalue weighted by atomic mass is 9.87. The highest BCUT2D eigenvalue weighted by molar-refractivity contribution is 6.21. The molecule has 2 aromatic rings. The maximum absolute atomic E-state index is 6.55. The fourth-order valence-corrected chi connectivity index (χ4v) is 3.97. The molecule has 148 valence electrons. The van der Waals surface area contributed by atoms with Crippen molar-refractivity contribution >= 4 is 22.4 Å². The van der Waals surface area contributed by atoms with E-state index in [1.807, 2.05) is 0 Å². The number of halogens is 1. The lowest BCUT2D eigenvalue weighted by Crippen LogP contribution is -2.18. The van der Waals surface area contributed by atoms with E-state index < -0.39 is 0 Å². The molecule has 2 nitrogen and oxygen atoms in total. The fraction of sp³-hybridized carbons (Fsp3) is 0.583. The van der Waals surface area contributed by atoms with Gasteiger partial charge in [-0.25, -0.2) is 0 Å². The van der Waals surface area contributed by atoms with Gasteiger partial charge in [0, 0.05) is 27.3 Å². The van der Waals surface area contributed by atoms with Crippen LogP contribution >= 0.6 is 11.6 Å². The van der Waals surface area contributed by atoms with Gasteiger partial charge in [0.1, 0.15) is 11.5 Å². The zero-order valence-corrected chi connectivity index (χ0v) is 17.9. The number of benzene rings is 2. The van der Waals surface area contributed by atoms with Crippen LogP contribution in [0.3, 0.4) is 0 Å². The molecule has 0 heterocycles. The molecule has 27 heavy (non-hydrogen) atoms. The predicted molar refractivity (Wildman–Crippen MR) is 116 cm³/mol. The minimum absolute atomic E-state index is 0.176. The summed E-state index contributed by atoms with van der Waals surface area (Å²) in [7, 11) is 0. The second kappa shape index (κ2) is 9.19. The van der Waals surface area contributed by atoms with Crippen LogP contribution < -0.4 is 9.47 Å². The average Bonchev–Trinajstić information content (AvgIpc) is 2.62. The number of rotatable bonds is 8. The summed E-state index contributed by atoms with van der Waals surface area (Å²) in [5, 5.41) is 2.51. The molecule has 0 N–H and O–H groups in total. The molecule has 0 amide bonds. The lowest BCUT2D eigenvalue weighted by Gasteiger charge is -2.27. The summed E-state index contributed by atoms with van der Waals surface area (Å²) in [4.78, 5) is 0. The van der Waals surface area contributed by atoms with E-state index in [0.717, 1.165) is 62.2 Å². The standard InChI is InChI=1S/C24H33ClO2/c1-16(2)11-13-26-23-19-7-5-6-8-20(19)24(27-14-12-17(3)4)22-15-18(25)9-10-21(22)23/h5-8,16-18H,9-15H2,1-4H3. The molecular weight excluding hydrogens is 356 g/mol. The fourth-order valence-electron chi connectivity index (χ4n) is 3.71. The molecule has 0 saturated carbocycles.